The number of aromatic amines is 1. The third kappa shape index (κ3) is 4.08. The number of likely N-dealkylation sites (tertiary alicyclic amines) is 1. The summed E-state index contributed by atoms with van der Waals surface area (Å²) in [5.41, 5.74) is 2.42. The van der Waals surface area contributed by atoms with Gasteiger partial charge in [-0.05, 0) is 60.6 Å². The van der Waals surface area contributed by atoms with Crippen LogP contribution in [0.15, 0.2) is 48.5 Å². The normalized spacial score (nSPS) is 16.9. The van der Waals surface area contributed by atoms with Crippen LogP contribution in [0, 0.1) is 11.7 Å². The molecule has 1 atom stereocenters. The Hall–Kier alpha value is -3.09. The van der Waals surface area contributed by atoms with E-state index >= 15 is 0 Å². The van der Waals surface area contributed by atoms with Gasteiger partial charge in [-0.1, -0.05) is 30.3 Å². The zero-order valence-corrected chi connectivity index (χ0v) is 15.5. The minimum atomic E-state index is -0.210. The second kappa shape index (κ2) is 8.29. The number of halogens is 1. The number of hydrogen-bond donors (Lipinski definition) is 1. The SMILES string of the molecule is O=C(c1ccccc1-c1nn[nH]n1)N1CCCC(CCc2ccc(F)cc2)C1. The lowest BCUT2D eigenvalue weighted by Crippen LogP contribution is -2.40. The number of nitrogens with one attached hydrogen (secondary N) is 1. The number of benzene rings is 2. The number of aromatic nitrogens is 4. The van der Waals surface area contributed by atoms with E-state index in [1.807, 2.05) is 41.3 Å². The summed E-state index contributed by atoms with van der Waals surface area (Å²) in [5.74, 6) is 0.666. The summed E-state index contributed by atoms with van der Waals surface area (Å²) in [7, 11) is 0. The van der Waals surface area contributed by atoms with E-state index in [9.17, 15) is 9.18 Å². The number of nitrogens with zero attached hydrogens (tertiary/aromatic N) is 4. The lowest BCUT2D eigenvalue weighted by molar-refractivity contribution is 0.0669. The fraction of sp³-hybridized carbons (Fsp3) is 0.333. The van der Waals surface area contributed by atoms with Crippen molar-refractivity contribution in [2.24, 2.45) is 5.92 Å². The maximum atomic E-state index is 13.2. The van der Waals surface area contributed by atoms with Crippen LogP contribution in [0.3, 0.4) is 0 Å². The van der Waals surface area contributed by atoms with Gasteiger partial charge < -0.3 is 4.90 Å². The molecule has 1 aromatic heterocycles. The largest absolute Gasteiger partial charge is 0.338 e. The summed E-state index contributed by atoms with van der Waals surface area (Å²) in [6.45, 7) is 1.49. The summed E-state index contributed by atoms with van der Waals surface area (Å²) in [4.78, 5) is 15.1. The molecule has 0 saturated carbocycles. The highest BCUT2D eigenvalue weighted by molar-refractivity contribution is 6.00. The van der Waals surface area contributed by atoms with Crippen LogP contribution < -0.4 is 0 Å². The standard InChI is InChI=1S/C21H22FN5O/c22-17-11-9-15(10-12-17)7-8-16-4-3-13-27(14-16)21(28)19-6-2-1-5-18(19)20-23-25-26-24-20/h1-2,5-6,9-12,16H,3-4,7-8,13-14H2,(H,23,24,25,26). The van der Waals surface area contributed by atoms with Crippen LogP contribution in [0.5, 0.6) is 0 Å². The first-order valence-corrected chi connectivity index (χ1v) is 9.57. The van der Waals surface area contributed by atoms with Crippen molar-refractivity contribution in [1.82, 2.24) is 25.5 Å². The van der Waals surface area contributed by atoms with Gasteiger partial charge in [0.25, 0.3) is 5.91 Å². The second-order valence-electron chi connectivity index (χ2n) is 7.21. The van der Waals surface area contributed by atoms with Crippen LogP contribution in [0.1, 0.15) is 35.2 Å². The van der Waals surface area contributed by atoms with Crippen molar-refractivity contribution in [1.29, 1.82) is 0 Å². The van der Waals surface area contributed by atoms with Crippen LogP contribution in [-0.2, 0) is 6.42 Å². The summed E-state index contributed by atoms with van der Waals surface area (Å²) < 4.78 is 13.1. The molecule has 1 saturated heterocycles. The van der Waals surface area contributed by atoms with Crippen molar-refractivity contribution in [2.45, 2.75) is 25.7 Å². The van der Waals surface area contributed by atoms with Crippen LogP contribution in [-0.4, -0.2) is 44.5 Å². The average molecular weight is 379 g/mol. The number of hydrogen-bond acceptors (Lipinski definition) is 4. The number of H-pyrrole nitrogens is 1. The predicted molar refractivity (Wildman–Crippen MR) is 103 cm³/mol. The van der Waals surface area contributed by atoms with Gasteiger partial charge in [-0.2, -0.15) is 5.21 Å². The summed E-state index contributed by atoms with van der Waals surface area (Å²) in [5, 5.41) is 14.1. The van der Waals surface area contributed by atoms with E-state index in [1.165, 1.54) is 12.1 Å². The van der Waals surface area contributed by atoms with E-state index in [0.717, 1.165) is 44.3 Å². The van der Waals surface area contributed by atoms with E-state index in [0.29, 0.717) is 22.9 Å². The van der Waals surface area contributed by atoms with Gasteiger partial charge >= 0.3 is 0 Å². The molecule has 1 N–H and O–H groups in total. The van der Waals surface area contributed by atoms with E-state index in [-0.39, 0.29) is 11.7 Å². The topological polar surface area (TPSA) is 74.8 Å². The molecule has 1 fully saturated rings. The third-order valence-corrected chi connectivity index (χ3v) is 5.30. The second-order valence-corrected chi connectivity index (χ2v) is 7.21. The number of amides is 1. The Bertz CT molecular complexity index is 926. The molecule has 0 radical (unpaired) electrons. The predicted octanol–water partition coefficient (Wildman–Crippen LogP) is 3.49. The first-order valence-electron chi connectivity index (χ1n) is 9.57. The molecule has 1 aliphatic rings. The van der Waals surface area contributed by atoms with Gasteiger partial charge in [0.2, 0.25) is 5.82 Å². The van der Waals surface area contributed by atoms with E-state index in [1.54, 1.807) is 0 Å². The molecule has 2 heterocycles. The molecule has 0 spiro atoms. The molecule has 6 nitrogen and oxygen atoms in total. The van der Waals surface area contributed by atoms with Gasteiger partial charge in [0.05, 0.1) is 5.56 Å². The summed E-state index contributed by atoms with van der Waals surface area (Å²) >= 11 is 0. The van der Waals surface area contributed by atoms with Gasteiger partial charge in [-0.3, -0.25) is 4.79 Å². The van der Waals surface area contributed by atoms with Crippen molar-refractivity contribution in [3.8, 4) is 11.4 Å². The lowest BCUT2D eigenvalue weighted by Gasteiger charge is -2.33. The van der Waals surface area contributed by atoms with Crippen molar-refractivity contribution >= 4 is 5.91 Å². The molecule has 144 valence electrons. The van der Waals surface area contributed by atoms with Crippen LogP contribution in [0.25, 0.3) is 11.4 Å². The first kappa shape index (κ1) is 18.3. The number of carbonyl (C=O) groups is 1. The van der Waals surface area contributed by atoms with Crippen LogP contribution in [0.4, 0.5) is 4.39 Å². The first-order chi connectivity index (χ1) is 13.7. The smallest absolute Gasteiger partial charge is 0.254 e. The van der Waals surface area contributed by atoms with Crippen molar-refractivity contribution in [2.75, 3.05) is 13.1 Å². The Morgan fingerprint density at radius 2 is 2.00 bits per heavy atom. The van der Waals surface area contributed by atoms with Gasteiger partial charge in [0, 0.05) is 18.7 Å². The van der Waals surface area contributed by atoms with Crippen LogP contribution >= 0.6 is 0 Å². The molecule has 2 aromatic carbocycles. The minimum absolute atomic E-state index is 0.00637. The quantitative estimate of drug-likeness (QED) is 0.736. The highest BCUT2D eigenvalue weighted by Gasteiger charge is 2.26. The molecule has 1 amide bonds. The van der Waals surface area contributed by atoms with E-state index in [2.05, 4.69) is 20.6 Å². The Morgan fingerprint density at radius 1 is 1.18 bits per heavy atom. The third-order valence-electron chi connectivity index (χ3n) is 5.30. The molecular weight excluding hydrogens is 357 g/mol. The molecule has 0 aliphatic carbocycles. The zero-order valence-electron chi connectivity index (χ0n) is 15.5. The fourth-order valence-corrected chi connectivity index (χ4v) is 3.82. The summed E-state index contributed by atoms with van der Waals surface area (Å²) in [6.07, 6.45) is 3.98. The summed E-state index contributed by atoms with van der Waals surface area (Å²) in [6, 6.07) is 14.0. The lowest BCUT2D eigenvalue weighted by atomic mass is 9.91. The fourth-order valence-electron chi connectivity index (χ4n) is 3.82. The molecule has 28 heavy (non-hydrogen) atoms. The maximum Gasteiger partial charge on any atom is 0.254 e. The Labute approximate surface area is 162 Å². The highest BCUT2D eigenvalue weighted by atomic mass is 19.1. The van der Waals surface area contributed by atoms with Crippen molar-refractivity contribution < 1.29 is 9.18 Å². The average Bonchev–Trinajstić information content (AvgIpc) is 3.28. The number of rotatable bonds is 5. The van der Waals surface area contributed by atoms with Crippen molar-refractivity contribution in [3.63, 3.8) is 0 Å². The number of carbonyl (C=O) groups excluding carboxylic acids is 1. The minimum Gasteiger partial charge on any atom is -0.338 e. The maximum absolute atomic E-state index is 13.2. The molecule has 4 rings (SSSR count). The van der Waals surface area contributed by atoms with Crippen LogP contribution in [0.2, 0.25) is 0 Å². The zero-order chi connectivity index (χ0) is 19.3. The van der Waals surface area contributed by atoms with E-state index in [4.69, 9.17) is 0 Å². The van der Waals surface area contributed by atoms with Gasteiger partial charge in [0.1, 0.15) is 5.82 Å². The van der Waals surface area contributed by atoms with Gasteiger partial charge in [-0.15, -0.1) is 10.2 Å². The Morgan fingerprint density at radius 3 is 2.79 bits per heavy atom. The highest BCUT2D eigenvalue weighted by Crippen LogP contribution is 2.26. The van der Waals surface area contributed by atoms with E-state index < -0.39 is 0 Å². The number of aryl methyl sites for hydroxylation is 1. The number of piperidine rings is 1. The van der Waals surface area contributed by atoms with Gasteiger partial charge in [0.15, 0.2) is 0 Å². The monoisotopic (exact) mass is 379 g/mol. The molecule has 7 heteroatoms. The molecule has 1 unspecified atom stereocenters. The molecular formula is C21H22FN5O. The van der Waals surface area contributed by atoms with Gasteiger partial charge in [-0.25, -0.2) is 4.39 Å². The Balaban J connectivity index is 1.43. The molecule has 3 aromatic rings. The molecule has 1 aliphatic heterocycles. The Kier molecular flexibility index (Phi) is 5.41. The molecule has 0 bridgehead atoms. The number of tetrazole rings is 1. The van der Waals surface area contributed by atoms with Crippen molar-refractivity contribution in [3.05, 3.63) is 65.5 Å².